The maximum Gasteiger partial charge on any atom is 0.326 e. The Hall–Kier alpha value is -3.87. The van der Waals surface area contributed by atoms with E-state index in [0.29, 0.717) is 5.56 Å². The molecule has 0 aliphatic carbocycles. The van der Waals surface area contributed by atoms with Gasteiger partial charge in [0.15, 0.2) is 0 Å². The van der Waals surface area contributed by atoms with Gasteiger partial charge in [-0.15, -0.1) is 0 Å². The number of fused-ring (bicyclic) bond motifs is 1. The van der Waals surface area contributed by atoms with Gasteiger partial charge in [0, 0.05) is 29.3 Å². The number of H-pyrrole nitrogens is 1. The van der Waals surface area contributed by atoms with Crippen LogP contribution >= 0.6 is 12.6 Å². The second-order valence-corrected chi connectivity index (χ2v) is 9.60. The number of thiol groups is 1. The summed E-state index contributed by atoms with van der Waals surface area (Å²) >= 11 is 4.12. The molecule has 0 saturated heterocycles. The van der Waals surface area contributed by atoms with Crippen LogP contribution in [0.15, 0.2) is 60.8 Å². The first-order valence-corrected chi connectivity index (χ1v) is 13.0. The number of aliphatic carboxylic acids is 1. The second kappa shape index (κ2) is 13.8. The Morgan fingerprint density at radius 1 is 0.897 bits per heavy atom. The third-order valence-corrected chi connectivity index (χ3v) is 6.59. The maximum atomic E-state index is 12.9. The van der Waals surface area contributed by atoms with Gasteiger partial charge < -0.3 is 36.9 Å². The predicted octanol–water partition coefficient (Wildman–Crippen LogP) is 0.130. The lowest BCUT2D eigenvalue weighted by Gasteiger charge is -2.26. The largest absolute Gasteiger partial charge is 0.480 e. The second-order valence-electron chi connectivity index (χ2n) is 9.23. The van der Waals surface area contributed by atoms with E-state index in [1.54, 1.807) is 6.20 Å². The Morgan fingerprint density at radius 2 is 1.54 bits per heavy atom. The predicted molar refractivity (Wildman–Crippen MR) is 149 cm³/mol. The number of nitrogens with one attached hydrogen (secondary N) is 4. The molecule has 0 saturated carbocycles. The number of aliphatic hydroxyl groups excluding tert-OH is 1. The molecule has 8 N–H and O–H groups in total. The average molecular weight is 556 g/mol. The van der Waals surface area contributed by atoms with Crippen molar-refractivity contribution in [3.63, 3.8) is 0 Å². The number of hydrogen-bond donors (Lipinski definition) is 8. The number of rotatable bonds is 13. The van der Waals surface area contributed by atoms with Crippen molar-refractivity contribution >= 4 is 47.2 Å². The molecule has 3 amide bonds. The van der Waals surface area contributed by atoms with Gasteiger partial charge in [0.2, 0.25) is 17.7 Å². The fraction of sp³-hybridized carbons (Fsp3) is 0.333. The molecule has 11 nitrogen and oxygen atoms in total. The number of hydrogen-bond acceptors (Lipinski definition) is 7. The van der Waals surface area contributed by atoms with Crippen molar-refractivity contribution in [2.24, 2.45) is 5.73 Å². The number of amides is 3. The fourth-order valence-electron chi connectivity index (χ4n) is 4.07. The molecule has 2 aromatic carbocycles. The Bertz CT molecular complexity index is 1300. The highest BCUT2D eigenvalue weighted by molar-refractivity contribution is 7.80. The van der Waals surface area contributed by atoms with Crippen molar-refractivity contribution in [2.45, 2.75) is 50.0 Å². The molecule has 1 heterocycles. The number of aliphatic hydroxyl groups is 1. The number of carboxylic acids is 1. The van der Waals surface area contributed by atoms with Crippen LogP contribution in [0.25, 0.3) is 10.9 Å². The maximum absolute atomic E-state index is 12.9. The molecule has 0 bridgehead atoms. The number of carboxylic acid groups (broad SMARTS) is 1. The van der Waals surface area contributed by atoms with Gasteiger partial charge >= 0.3 is 5.97 Å². The third kappa shape index (κ3) is 8.06. The van der Waals surface area contributed by atoms with Crippen molar-refractivity contribution in [2.75, 3.05) is 5.75 Å². The van der Waals surface area contributed by atoms with E-state index in [9.17, 15) is 29.4 Å². The van der Waals surface area contributed by atoms with Gasteiger partial charge in [-0.2, -0.15) is 12.6 Å². The van der Waals surface area contributed by atoms with Gasteiger partial charge in [-0.05, 0) is 30.5 Å². The molecule has 0 fully saturated rings. The molecule has 3 rings (SSSR count). The Kier molecular flexibility index (Phi) is 10.5. The van der Waals surface area contributed by atoms with Gasteiger partial charge in [-0.25, -0.2) is 4.79 Å². The lowest BCUT2D eigenvalue weighted by Crippen LogP contribution is -2.60. The number of carbonyl (C=O) groups is 4. The van der Waals surface area contributed by atoms with E-state index in [0.717, 1.165) is 16.5 Å². The summed E-state index contributed by atoms with van der Waals surface area (Å²) in [5.41, 5.74) is 8.35. The van der Waals surface area contributed by atoms with Crippen LogP contribution in [0.2, 0.25) is 0 Å². The van der Waals surface area contributed by atoms with Crippen LogP contribution in [-0.4, -0.2) is 74.9 Å². The van der Waals surface area contributed by atoms with Crippen molar-refractivity contribution in [1.82, 2.24) is 20.9 Å². The molecule has 3 aromatic rings. The summed E-state index contributed by atoms with van der Waals surface area (Å²) < 4.78 is 0. The number of carbonyl (C=O) groups excluding carboxylic acids is 3. The summed E-state index contributed by atoms with van der Waals surface area (Å²) in [6.07, 6.45) is 0.595. The minimum absolute atomic E-state index is 0.00395. The number of aromatic nitrogens is 1. The molecule has 0 aliphatic rings. The minimum Gasteiger partial charge on any atom is -0.480 e. The lowest BCUT2D eigenvalue weighted by atomic mass is 10.0. The SMILES string of the molecule is CC(O)C(NC(=O)C(N)Cc1ccccc1)C(=O)NC(CS)C(=O)NC(Cc1c[nH]c2ccccc12)C(=O)O. The Balaban J connectivity index is 1.63. The molecule has 5 atom stereocenters. The normalized spacial score (nSPS) is 15.0. The molecule has 12 heteroatoms. The minimum atomic E-state index is -1.41. The van der Waals surface area contributed by atoms with Gasteiger partial charge in [-0.1, -0.05) is 48.5 Å². The van der Waals surface area contributed by atoms with Crippen LogP contribution in [0.4, 0.5) is 0 Å². The fourth-order valence-corrected chi connectivity index (χ4v) is 4.33. The van der Waals surface area contributed by atoms with Crippen LogP contribution in [-0.2, 0) is 32.0 Å². The van der Waals surface area contributed by atoms with Gasteiger partial charge in [0.05, 0.1) is 12.1 Å². The van der Waals surface area contributed by atoms with E-state index >= 15 is 0 Å². The van der Waals surface area contributed by atoms with Gasteiger partial charge in [-0.3, -0.25) is 14.4 Å². The topological polar surface area (TPSA) is 187 Å². The molecule has 208 valence electrons. The molecule has 5 unspecified atom stereocenters. The molecule has 0 aliphatic heterocycles. The first kappa shape index (κ1) is 29.7. The Labute approximate surface area is 231 Å². The van der Waals surface area contributed by atoms with Gasteiger partial charge in [0.25, 0.3) is 0 Å². The van der Waals surface area contributed by atoms with Crippen molar-refractivity contribution in [3.05, 3.63) is 71.9 Å². The van der Waals surface area contributed by atoms with Crippen LogP contribution in [0.3, 0.4) is 0 Å². The van der Waals surface area contributed by atoms with Crippen LogP contribution in [0, 0.1) is 0 Å². The van der Waals surface area contributed by atoms with E-state index < -0.39 is 54.0 Å². The highest BCUT2D eigenvalue weighted by Gasteiger charge is 2.32. The quantitative estimate of drug-likeness (QED) is 0.138. The number of aromatic amines is 1. The van der Waals surface area contributed by atoms with E-state index in [-0.39, 0.29) is 18.6 Å². The number of nitrogens with two attached hydrogens (primary N) is 1. The van der Waals surface area contributed by atoms with E-state index in [1.165, 1.54) is 6.92 Å². The first-order valence-electron chi connectivity index (χ1n) is 12.4. The smallest absolute Gasteiger partial charge is 0.326 e. The van der Waals surface area contributed by atoms with E-state index in [4.69, 9.17) is 5.73 Å². The summed E-state index contributed by atoms with van der Waals surface area (Å²) in [5.74, 6) is -3.69. The first-order chi connectivity index (χ1) is 18.6. The highest BCUT2D eigenvalue weighted by Crippen LogP contribution is 2.19. The highest BCUT2D eigenvalue weighted by atomic mass is 32.1. The molecular weight excluding hydrogens is 522 g/mol. The van der Waals surface area contributed by atoms with Crippen LogP contribution in [0.1, 0.15) is 18.1 Å². The summed E-state index contributed by atoms with van der Waals surface area (Å²) in [4.78, 5) is 53.5. The Morgan fingerprint density at radius 3 is 2.18 bits per heavy atom. The van der Waals surface area contributed by atoms with Crippen molar-refractivity contribution < 1.29 is 29.4 Å². The van der Waals surface area contributed by atoms with Crippen molar-refractivity contribution in [3.8, 4) is 0 Å². The zero-order chi connectivity index (χ0) is 28.5. The summed E-state index contributed by atoms with van der Waals surface area (Å²) in [6, 6.07) is 11.5. The van der Waals surface area contributed by atoms with Crippen LogP contribution < -0.4 is 21.7 Å². The van der Waals surface area contributed by atoms with Gasteiger partial charge in [0.1, 0.15) is 18.1 Å². The zero-order valence-electron chi connectivity index (χ0n) is 21.3. The summed E-state index contributed by atoms with van der Waals surface area (Å²) in [5, 5.41) is 28.0. The summed E-state index contributed by atoms with van der Waals surface area (Å²) in [6.45, 7) is 1.31. The molecule has 0 radical (unpaired) electrons. The third-order valence-electron chi connectivity index (χ3n) is 6.23. The monoisotopic (exact) mass is 555 g/mol. The number of para-hydroxylation sites is 1. The molecular formula is C27H33N5O6S. The molecule has 1 aromatic heterocycles. The zero-order valence-corrected chi connectivity index (χ0v) is 22.2. The number of benzene rings is 2. The molecule has 39 heavy (non-hydrogen) atoms. The average Bonchev–Trinajstić information content (AvgIpc) is 3.32. The van der Waals surface area contributed by atoms with E-state index in [2.05, 4.69) is 33.6 Å². The lowest BCUT2D eigenvalue weighted by molar-refractivity contribution is -0.142. The van der Waals surface area contributed by atoms with Crippen molar-refractivity contribution in [1.29, 1.82) is 0 Å². The standard InChI is InChI=1S/C27H33N5O6S/c1-15(33)23(32-24(34)19(28)11-16-7-3-2-4-8-16)26(36)31-22(14-39)25(35)30-21(27(37)38)12-17-13-29-20-10-6-5-9-18(17)20/h2-10,13,15,19,21-23,29,33,39H,11-12,14,28H2,1H3,(H,30,35)(H,31,36)(H,32,34)(H,37,38). The summed E-state index contributed by atoms with van der Waals surface area (Å²) in [7, 11) is 0. The van der Waals surface area contributed by atoms with Crippen LogP contribution in [0.5, 0.6) is 0 Å². The van der Waals surface area contributed by atoms with E-state index in [1.807, 2.05) is 54.6 Å². The molecule has 0 spiro atoms.